The van der Waals surface area contributed by atoms with Crippen molar-refractivity contribution in [2.45, 2.75) is 32.1 Å². The number of nitrogens with zero attached hydrogens (tertiary/aromatic N) is 3. The number of nitrogens with one attached hydrogen (secondary N) is 2. The second-order valence-electron chi connectivity index (χ2n) is 12.3. The van der Waals surface area contributed by atoms with Crippen LogP contribution in [0, 0.1) is 0 Å². The number of piperazine rings is 1. The van der Waals surface area contributed by atoms with Crippen LogP contribution in [0.25, 0.3) is 11.1 Å². The number of amides is 2. The van der Waals surface area contributed by atoms with Crippen molar-refractivity contribution in [1.29, 1.82) is 0 Å². The molecule has 1 fully saturated rings. The fourth-order valence-corrected chi connectivity index (χ4v) is 5.57. The number of urea groups is 1. The number of carbonyl (C=O) groups excluding carboxylic acids is 1. The van der Waals surface area contributed by atoms with Gasteiger partial charge in [-0.1, -0.05) is 84.9 Å². The van der Waals surface area contributed by atoms with Gasteiger partial charge < -0.3 is 30.4 Å². The van der Waals surface area contributed by atoms with Gasteiger partial charge in [-0.15, -0.1) is 0 Å². The number of rotatable bonds is 13. The van der Waals surface area contributed by atoms with E-state index in [1.807, 2.05) is 35.2 Å². The number of carboxylic acids is 1. The topological polar surface area (TPSA) is 88.2 Å². The van der Waals surface area contributed by atoms with Crippen LogP contribution in [-0.4, -0.2) is 90.8 Å². The molecule has 0 atom stereocenters. The molecular weight excluding hydrogens is 643 g/mol. The maximum atomic E-state index is 13.4. The van der Waals surface area contributed by atoms with Crippen LogP contribution in [0.1, 0.15) is 23.1 Å². The summed E-state index contributed by atoms with van der Waals surface area (Å²) in [6, 6.07) is 37.6. The largest absolute Gasteiger partial charge is 0.490 e. The molecule has 266 valence electrons. The van der Waals surface area contributed by atoms with E-state index in [-0.39, 0.29) is 6.03 Å². The highest BCUT2D eigenvalue weighted by Crippen LogP contribution is 2.23. The molecule has 1 saturated heterocycles. The van der Waals surface area contributed by atoms with Crippen molar-refractivity contribution in [2.24, 2.45) is 0 Å². The third kappa shape index (κ3) is 13.3. The molecule has 1 aliphatic heterocycles. The number of hydrogen-bond acceptors (Lipinski definition) is 5. The summed E-state index contributed by atoms with van der Waals surface area (Å²) in [7, 11) is 2.18. The summed E-state index contributed by atoms with van der Waals surface area (Å²) >= 11 is 0. The SMILES string of the molecule is CN1CCN(CCCN(Cc2cccc(-c3cccc(CNCCc4ccccc4)c3)c2)C(=O)Nc2ccccc2)CC1.O=C(O)C(F)(F)F. The minimum Gasteiger partial charge on any atom is -0.475 e. The molecule has 11 heteroatoms. The molecule has 0 spiro atoms. The molecule has 0 aromatic heterocycles. The number of halogens is 3. The highest BCUT2D eigenvalue weighted by Gasteiger charge is 2.38. The average Bonchev–Trinajstić information content (AvgIpc) is 3.11. The van der Waals surface area contributed by atoms with Crippen LogP contribution < -0.4 is 10.6 Å². The molecule has 5 rings (SSSR count). The lowest BCUT2D eigenvalue weighted by Crippen LogP contribution is -2.45. The number of benzene rings is 4. The van der Waals surface area contributed by atoms with Crippen LogP contribution in [0.4, 0.5) is 23.7 Å². The molecule has 0 aliphatic carbocycles. The van der Waals surface area contributed by atoms with Crippen LogP contribution in [0.15, 0.2) is 109 Å². The summed E-state index contributed by atoms with van der Waals surface area (Å²) in [6.45, 7) is 8.46. The van der Waals surface area contributed by atoms with Crippen LogP contribution in [0.2, 0.25) is 0 Å². The van der Waals surface area contributed by atoms with Crippen LogP contribution in [0.3, 0.4) is 0 Å². The van der Waals surface area contributed by atoms with Gasteiger partial charge in [-0.3, -0.25) is 0 Å². The Morgan fingerprint density at radius 1 is 0.780 bits per heavy atom. The van der Waals surface area contributed by atoms with E-state index in [0.29, 0.717) is 13.1 Å². The summed E-state index contributed by atoms with van der Waals surface area (Å²) in [4.78, 5) is 29.2. The number of carboxylic acid groups (broad SMARTS) is 1. The Hall–Kier alpha value is -4.71. The van der Waals surface area contributed by atoms with Gasteiger partial charge in [0.15, 0.2) is 0 Å². The van der Waals surface area contributed by atoms with Crippen molar-refractivity contribution in [3.05, 3.63) is 126 Å². The second kappa shape index (κ2) is 19.5. The maximum absolute atomic E-state index is 13.4. The van der Waals surface area contributed by atoms with Gasteiger partial charge in [0.2, 0.25) is 0 Å². The van der Waals surface area contributed by atoms with Gasteiger partial charge in [0.1, 0.15) is 0 Å². The molecule has 50 heavy (non-hydrogen) atoms. The zero-order valence-corrected chi connectivity index (χ0v) is 28.4. The number of aliphatic carboxylic acids is 1. The number of para-hydroxylation sites is 1. The first-order valence-electron chi connectivity index (χ1n) is 16.8. The zero-order chi connectivity index (χ0) is 35.8. The van der Waals surface area contributed by atoms with Gasteiger partial charge in [-0.25, -0.2) is 9.59 Å². The van der Waals surface area contributed by atoms with Crippen molar-refractivity contribution >= 4 is 17.7 Å². The Morgan fingerprint density at radius 2 is 1.34 bits per heavy atom. The first-order valence-corrected chi connectivity index (χ1v) is 16.8. The molecule has 0 unspecified atom stereocenters. The van der Waals surface area contributed by atoms with E-state index in [2.05, 4.69) is 106 Å². The van der Waals surface area contributed by atoms with E-state index in [0.717, 1.165) is 69.9 Å². The van der Waals surface area contributed by atoms with E-state index >= 15 is 0 Å². The predicted molar refractivity (Wildman–Crippen MR) is 192 cm³/mol. The first kappa shape index (κ1) is 38.1. The zero-order valence-electron chi connectivity index (χ0n) is 28.4. The smallest absolute Gasteiger partial charge is 0.475 e. The number of alkyl halides is 3. The van der Waals surface area contributed by atoms with E-state index in [9.17, 15) is 18.0 Å². The van der Waals surface area contributed by atoms with Crippen molar-refractivity contribution in [3.63, 3.8) is 0 Å². The summed E-state index contributed by atoms with van der Waals surface area (Å²) in [5, 5.41) is 13.8. The first-order chi connectivity index (χ1) is 24.1. The second-order valence-corrected chi connectivity index (χ2v) is 12.3. The number of likely N-dealkylation sites (N-methyl/N-ethyl adjacent to an activating group) is 1. The highest BCUT2D eigenvalue weighted by atomic mass is 19.4. The summed E-state index contributed by atoms with van der Waals surface area (Å²) in [6.07, 6.45) is -3.11. The minimum atomic E-state index is -5.08. The van der Waals surface area contributed by atoms with E-state index in [1.165, 1.54) is 22.3 Å². The lowest BCUT2D eigenvalue weighted by atomic mass is 10.0. The summed E-state index contributed by atoms with van der Waals surface area (Å²) in [5.74, 6) is -2.76. The third-order valence-electron chi connectivity index (χ3n) is 8.38. The Labute approximate surface area is 292 Å². The van der Waals surface area contributed by atoms with E-state index in [4.69, 9.17) is 9.90 Å². The van der Waals surface area contributed by atoms with Gasteiger partial charge in [-0.2, -0.15) is 13.2 Å². The Kier molecular flexibility index (Phi) is 14.8. The molecule has 4 aromatic carbocycles. The van der Waals surface area contributed by atoms with Gasteiger partial charge in [0, 0.05) is 51.5 Å². The van der Waals surface area contributed by atoms with Gasteiger partial charge >= 0.3 is 18.2 Å². The fourth-order valence-electron chi connectivity index (χ4n) is 5.57. The maximum Gasteiger partial charge on any atom is 0.490 e. The standard InChI is InChI=1S/C37H45N5O.C2HF3O2/c1-40-23-25-41(26-24-40)21-10-22-42(37(43)39-36-17-6-3-7-18-36)30-33-14-9-16-35(28-33)34-15-8-13-32(27-34)29-38-20-19-31-11-4-2-5-12-31;3-2(4,5)1(6)7/h2-9,11-18,27-28,38H,10,19-26,29-30H2,1H3,(H,39,43);(H,6,7). The number of hydrogen-bond donors (Lipinski definition) is 3. The third-order valence-corrected chi connectivity index (χ3v) is 8.38. The lowest BCUT2D eigenvalue weighted by molar-refractivity contribution is -0.192. The molecule has 0 radical (unpaired) electrons. The van der Waals surface area contributed by atoms with Gasteiger partial charge in [0.05, 0.1) is 0 Å². The Balaban J connectivity index is 0.000000727. The van der Waals surface area contributed by atoms with Gasteiger partial charge in [0.25, 0.3) is 0 Å². The summed E-state index contributed by atoms with van der Waals surface area (Å²) in [5.41, 5.74) is 6.94. The Morgan fingerprint density at radius 3 is 1.96 bits per heavy atom. The average molecular weight is 690 g/mol. The normalized spacial score (nSPS) is 13.6. The minimum absolute atomic E-state index is 0.0569. The molecule has 1 heterocycles. The molecule has 1 aliphatic rings. The molecule has 2 amide bonds. The monoisotopic (exact) mass is 689 g/mol. The van der Waals surface area contributed by atoms with Crippen molar-refractivity contribution in [1.82, 2.24) is 20.0 Å². The predicted octanol–water partition coefficient (Wildman–Crippen LogP) is 6.99. The fraction of sp³-hybridized carbons (Fsp3) is 0.333. The summed E-state index contributed by atoms with van der Waals surface area (Å²) < 4.78 is 31.7. The number of anilines is 1. The van der Waals surface area contributed by atoms with Crippen LogP contribution in [0.5, 0.6) is 0 Å². The van der Waals surface area contributed by atoms with E-state index < -0.39 is 12.1 Å². The highest BCUT2D eigenvalue weighted by molar-refractivity contribution is 5.89. The quantitative estimate of drug-likeness (QED) is 0.131. The van der Waals surface area contributed by atoms with Crippen LogP contribution >= 0.6 is 0 Å². The van der Waals surface area contributed by atoms with Crippen LogP contribution in [-0.2, 0) is 24.3 Å². The van der Waals surface area contributed by atoms with Crippen molar-refractivity contribution < 1.29 is 27.9 Å². The van der Waals surface area contributed by atoms with Crippen molar-refractivity contribution in [3.8, 4) is 11.1 Å². The Bertz CT molecular complexity index is 1610. The van der Waals surface area contributed by atoms with Crippen molar-refractivity contribution in [2.75, 3.05) is 58.2 Å². The lowest BCUT2D eigenvalue weighted by Gasteiger charge is -2.33. The molecule has 3 N–H and O–H groups in total. The molecule has 4 aromatic rings. The molecular formula is C39H46F3N5O3. The molecule has 0 bridgehead atoms. The number of carbonyl (C=O) groups is 2. The van der Waals surface area contributed by atoms with E-state index in [1.54, 1.807) is 0 Å². The molecule has 8 nitrogen and oxygen atoms in total. The van der Waals surface area contributed by atoms with Gasteiger partial charge in [-0.05, 0) is 85.1 Å². The molecule has 0 saturated carbocycles.